The monoisotopic (exact) mass is 343 g/mol. The largest absolute Gasteiger partial charge is 0.465 e. The molecule has 1 heterocycles. The number of rotatable bonds is 6. The Labute approximate surface area is 148 Å². The fraction of sp³-hybridized carbons (Fsp3) is 0.450. The van der Waals surface area contributed by atoms with Crippen LogP contribution in [0.2, 0.25) is 0 Å². The minimum atomic E-state index is -0.559. The van der Waals surface area contributed by atoms with Crippen LogP contribution in [0.1, 0.15) is 39.7 Å². The summed E-state index contributed by atoms with van der Waals surface area (Å²) in [5.41, 5.74) is 2.55. The van der Waals surface area contributed by atoms with Gasteiger partial charge in [0.25, 0.3) is 0 Å². The molecule has 0 saturated carbocycles. The molecule has 1 aromatic carbocycles. The van der Waals surface area contributed by atoms with Gasteiger partial charge in [-0.2, -0.15) is 0 Å². The third kappa shape index (κ3) is 3.98. The van der Waals surface area contributed by atoms with Gasteiger partial charge >= 0.3 is 11.9 Å². The zero-order chi connectivity index (χ0) is 18.4. The summed E-state index contributed by atoms with van der Waals surface area (Å²) in [6, 6.07) is 9.51. The molecule has 0 aliphatic carbocycles. The van der Waals surface area contributed by atoms with Crippen LogP contribution in [0.15, 0.2) is 40.9 Å². The van der Waals surface area contributed by atoms with Gasteiger partial charge in [0.2, 0.25) is 0 Å². The second-order valence-corrected chi connectivity index (χ2v) is 5.85. The van der Waals surface area contributed by atoms with Crippen molar-refractivity contribution in [1.29, 1.82) is 0 Å². The van der Waals surface area contributed by atoms with Crippen molar-refractivity contribution in [1.82, 2.24) is 0 Å². The Balaban J connectivity index is 2.60. The fourth-order valence-corrected chi connectivity index (χ4v) is 3.22. The van der Waals surface area contributed by atoms with Gasteiger partial charge in [0, 0.05) is 17.2 Å². The Morgan fingerprint density at radius 3 is 2.24 bits per heavy atom. The number of aliphatic imine (C=N–C) groups is 1. The molecule has 0 saturated heterocycles. The van der Waals surface area contributed by atoms with E-state index in [-0.39, 0.29) is 18.5 Å². The predicted molar refractivity (Wildman–Crippen MR) is 97.0 cm³/mol. The van der Waals surface area contributed by atoms with E-state index in [0.717, 1.165) is 5.56 Å². The van der Waals surface area contributed by atoms with Gasteiger partial charge in [-0.3, -0.25) is 9.79 Å². The maximum Gasteiger partial charge on any atom is 0.336 e. The average Bonchev–Trinajstić information content (AvgIpc) is 2.61. The van der Waals surface area contributed by atoms with Crippen LogP contribution in [0.4, 0.5) is 0 Å². The molecule has 0 radical (unpaired) electrons. The molecule has 134 valence electrons. The van der Waals surface area contributed by atoms with Crippen LogP contribution >= 0.6 is 0 Å². The summed E-state index contributed by atoms with van der Waals surface area (Å²) in [7, 11) is 0. The van der Waals surface area contributed by atoms with Crippen LogP contribution in [0.25, 0.3) is 5.70 Å². The van der Waals surface area contributed by atoms with Crippen molar-refractivity contribution in [2.24, 2.45) is 16.8 Å². The molecule has 0 N–H and O–H groups in total. The second-order valence-electron chi connectivity index (χ2n) is 5.85. The van der Waals surface area contributed by atoms with Crippen molar-refractivity contribution in [2.75, 3.05) is 13.2 Å². The number of hydrogen-bond donors (Lipinski definition) is 0. The number of carbonyl (C=O) groups is 2. The second kappa shape index (κ2) is 8.60. The van der Waals surface area contributed by atoms with Gasteiger partial charge in [0.15, 0.2) is 0 Å². The summed E-state index contributed by atoms with van der Waals surface area (Å²) in [6.45, 7) is 7.87. The Hall–Kier alpha value is -2.43. The quantitative estimate of drug-likeness (QED) is 0.740. The van der Waals surface area contributed by atoms with E-state index in [9.17, 15) is 9.59 Å². The zero-order valence-electron chi connectivity index (χ0n) is 15.2. The number of hydrogen-bond acceptors (Lipinski definition) is 5. The number of esters is 2. The SMILES string of the molecule is CCOC(=O)C1=C(c2ccccc2)N=C(C)C(C(=O)OCC)C1CC. The van der Waals surface area contributed by atoms with Gasteiger partial charge in [-0.1, -0.05) is 37.3 Å². The Morgan fingerprint density at radius 2 is 1.68 bits per heavy atom. The first-order valence-electron chi connectivity index (χ1n) is 8.73. The van der Waals surface area contributed by atoms with E-state index in [4.69, 9.17) is 9.47 Å². The van der Waals surface area contributed by atoms with Gasteiger partial charge in [-0.25, -0.2) is 4.79 Å². The molecule has 0 amide bonds. The predicted octanol–water partition coefficient (Wildman–Crippen LogP) is 3.64. The maximum atomic E-state index is 12.7. The van der Waals surface area contributed by atoms with Crippen LogP contribution in [0.3, 0.4) is 0 Å². The van der Waals surface area contributed by atoms with Crippen molar-refractivity contribution in [3.63, 3.8) is 0 Å². The van der Waals surface area contributed by atoms with Crippen LogP contribution < -0.4 is 0 Å². The van der Waals surface area contributed by atoms with Crippen molar-refractivity contribution < 1.29 is 19.1 Å². The van der Waals surface area contributed by atoms with E-state index >= 15 is 0 Å². The summed E-state index contributed by atoms with van der Waals surface area (Å²) in [6.07, 6.45) is 0.612. The van der Waals surface area contributed by atoms with Crippen LogP contribution in [-0.4, -0.2) is 30.9 Å². The van der Waals surface area contributed by atoms with Gasteiger partial charge < -0.3 is 9.47 Å². The smallest absolute Gasteiger partial charge is 0.336 e. The lowest BCUT2D eigenvalue weighted by molar-refractivity contribution is -0.147. The Kier molecular flexibility index (Phi) is 6.51. The molecule has 2 rings (SSSR count). The third-order valence-electron chi connectivity index (χ3n) is 4.29. The number of nitrogens with zero attached hydrogens (tertiary/aromatic N) is 1. The minimum absolute atomic E-state index is 0.271. The van der Waals surface area contributed by atoms with Crippen LogP contribution in [0.5, 0.6) is 0 Å². The van der Waals surface area contributed by atoms with Crippen molar-refractivity contribution >= 4 is 23.3 Å². The standard InChI is InChI=1S/C20H25NO4/c1-5-15-16(19(22)24-6-2)13(4)21-18(14-11-9-8-10-12-14)17(15)20(23)25-7-3/h8-12,15-16H,5-7H2,1-4H3. The van der Waals surface area contributed by atoms with Gasteiger partial charge in [-0.05, 0) is 27.2 Å². The van der Waals surface area contributed by atoms with Crippen LogP contribution in [-0.2, 0) is 19.1 Å². The molecule has 1 aromatic rings. The summed E-state index contributed by atoms with van der Waals surface area (Å²) in [4.78, 5) is 29.8. The first kappa shape index (κ1) is 18.9. The summed E-state index contributed by atoms with van der Waals surface area (Å²) >= 11 is 0. The van der Waals surface area contributed by atoms with Crippen molar-refractivity contribution in [3.8, 4) is 0 Å². The van der Waals surface area contributed by atoms with Crippen molar-refractivity contribution in [2.45, 2.75) is 34.1 Å². The van der Waals surface area contributed by atoms with E-state index < -0.39 is 11.9 Å². The molecule has 0 bridgehead atoms. The average molecular weight is 343 g/mol. The van der Waals surface area contributed by atoms with E-state index in [0.29, 0.717) is 30.0 Å². The maximum absolute atomic E-state index is 12.7. The molecular weight excluding hydrogens is 318 g/mol. The molecule has 1 aliphatic heterocycles. The topological polar surface area (TPSA) is 65.0 Å². The first-order valence-corrected chi connectivity index (χ1v) is 8.73. The van der Waals surface area contributed by atoms with E-state index in [1.807, 2.05) is 44.2 Å². The molecule has 5 nitrogen and oxygen atoms in total. The summed E-state index contributed by atoms with van der Waals surface area (Å²) in [5, 5.41) is 0. The molecule has 2 unspecified atom stereocenters. The van der Waals surface area contributed by atoms with Crippen LogP contribution in [0, 0.1) is 11.8 Å². The zero-order valence-corrected chi connectivity index (χ0v) is 15.2. The fourth-order valence-electron chi connectivity index (χ4n) is 3.22. The molecule has 5 heteroatoms. The van der Waals surface area contributed by atoms with Gasteiger partial charge in [0.05, 0.1) is 24.5 Å². The Bertz CT molecular complexity index is 691. The molecule has 2 atom stereocenters. The molecule has 0 fully saturated rings. The molecule has 1 aliphatic rings. The number of benzene rings is 1. The highest BCUT2D eigenvalue weighted by Gasteiger charge is 2.41. The summed E-state index contributed by atoms with van der Waals surface area (Å²) < 4.78 is 10.5. The van der Waals surface area contributed by atoms with Gasteiger partial charge in [-0.15, -0.1) is 0 Å². The highest BCUT2D eigenvalue weighted by atomic mass is 16.5. The van der Waals surface area contributed by atoms with Crippen molar-refractivity contribution in [3.05, 3.63) is 41.5 Å². The lowest BCUT2D eigenvalue weighted by atomic mass is 9.77. The molecule has 25 heavy (non-hydrogen) atoms. The highest BCUT2D eigenvalue weighted by molar-refractivity contribution is 6.10. The van der Waals surface area contributed by atoms with Gasteiger partial charge in [0.1, 0.15) is 5.92 Å². The minimum Gasteiger partial charge on any atom is -0.465 e. The first-order chi connectivity index (χ1) is 12.0. The number of ether oxygens (including phenoxy) is 2. The molecular formula is C20H25NO4. The Morgan fingerprint density at radius 1 is 1.04 bits per heavy atom. The molecule has 0 aromatic heterocycles. The van der Waals surface area contributed by atoms with E-state index in [1.54, 1.807) is 13.8 Å². The normalized spacial score (nSPS) is 20.1. The van der Waals surface area contributed by atoms with E-state index in [1.165, 1.54) is 0 Å². The lowest BCUT2D eigenvalue weighted by Crippen LogP contribution is -2.37. The number of carbonyl (C=O) groups excluding carboxylic acids is 2. The lowest BCUT2D eigenvalue weighted by Gasteiger charge is -2.31. The molecule has 0 spiro atoms. The van der Waals surface area contributed by atoms with E-state index in [2.05, 4.69) is 4.99 Å². The highest BCUT2D eigenvalue weighted by Crippen LogP contribution is 2.38. The third-order valence-corrected chi connectivity index (χ3v) is 4.29. The summed E-state index contributed by atoms with van der Waals surface area (Å²) in [5.74, 6) is -1.63.